The van der Waals surface area contributed by atoms with E-state index < -0.39 is 0 Å². The molecule has 1 atom stereocenters. The van der Waals surface area contributed by atoms with Gasteiger partial charge in [0.25, 0.3) is 0 Å². The number of anilines is 1. The van der Waals surface area contributed by atoms with Crippen LogP contribution in [0.2, 0.25) is 0 Å². The second-order valence-electron chi connectivity index (χ2n) is 4.67. The van der Waals surface area contributed by atoms with Gasteiger partial charge in [0.1, 0.15) is 17.7 Å². The minimum Gasteiger partial charge on any atom is -0.486 e. The molecule has 0 radical (unpaired) electrons. The molecule has 0 saturated carbocycles. The number of rotatable bonds is 1. The highest BCUT2D eigenvalue weighted by molar-refractivity contribution is 5.85. The molecule has 0 aliphatic carbocycles. The normalized spacial score (nSPS) is 17.4. The van der Waals surface area contributed by atoms with E-state index in [1.165, 1.54) is 12.1 Å². The topological polar surface area (TPSA) is 35.2 Å². The fourth-order valence-corrected chi connectivity index (χ4v) is 2.30. The first-order valence-electron chi connectivity index (χ1n) is 6.18. The average molecular weight is 255 g/mol. The maximum atomic E-state index is 13.0. The van der Waals surface area contributed by atoms with Crippen molar-refractivity contribution in [2.75, 3.05) is 5.73 Å². The summed E-state index contributed by atoms with van der Waals surface area (Å²) in [6.07, 6.45) is 2.00. The van der Waals surface area contributed by atoms with Gasteiger partial charge in [-0.3, -0.25) is 0 Å². The first-order valence-corrected chi connectivity index (χ1v) is 6.18. The second kappa shape index (κ2) is 4.43. The smallest absolute Gasteiger partial charge is 0.130 e. The highest BCUT2D eigenvalue weighted by Gasteiger charge is 2.19. The molecule has 1 aliphatic heterocycles. The molecule has 96 valence electrons. The number of nitrogens with two attached hydrogens (primary N) is 1. The predicted molar refractivity (Wildman–Crippen MR) is 74.4 cm³/mol. The number of nitrogen functional groups attached to an aromatic ring is 1. The summed E-state index contributed by atoms with van der Waals surface area (Å²) in [5.41, 5.74) is 9.46. The molecule has 0 saturated heterocycles. The predicted octanol–water partition coefficient (Wildman–Crippen LogP) is 3.62. The third-order valence-electron chi connectivity index (χ3n) is 3.17. The molecule has 1 aliphatic rings. The van der Waals surface area contributed by atoms with Gasteiger partial charge in [0.15, 0.2) is 0 Å². The highest BCUT2D eigenvalue weighted by atomic mass is 19.1. The van der Waals surface area contributed by atoms with E-state index in [0.29, 0.717) is 5.69 Å². The SMILES string of the molecule is CC1C=C(c2ccc(F)cc2)c2ccc(N)cc2O1. The molecule has 1 unspecified atom stereocenters. The van der Waals surface area contributed by atoms with Gasteiger partial charge in [-0.1, -0.05) is 12.1 Å². The van der Waals surface area contributed by atoms with Crippen molar-refractivity contribution in [2.45, 2.75) is 13.0 Å². The number of ether oxygens (including phenoxy) is 1. The number of benzene rings is 2. The van der Waals surface area contributed by atoms with E-state index in [1.807, 2.05) is 31.2 Å². The standard InChI is InChI=1S/C16H14FNO/c1-10-8-15(11-2-4-12(17)5-3-11)14-7-6-13(18)9-16(14)19-10/h2-10H,18H2,1H3. The fraction of sp³-hybridized carbons (Fsp3) is 0.125. The van der Waals surface area contributed by atoms with E-state index in [4.69, 9.17) is 10.5 Å². The minimum atomic E-state index is -0.234. The van der Waals surface area contributed by atoms with E-state index in [9.17, 15) is 4.39 Å². The summed E-state index contributed by atoms with van der Waals surface area (Å²) in [6.45, 7) is 1.97. The maximum Gasteiger partial charge on any atom is 0.130 e. The van der Waals surface area contributed by atoms with Crippen molar-refractivity contribution in [1.82, 2.24) is 0 Å². The average Bonchev–Trinajstić information content (AvgIpc) is 2.38. The van der Waals surface area contributed by atoms with Crippen molar-refractivity contribution in [1.29, 1.82) is 0 Å². The summed E-state index contributed by atoms with van der Waals surface area (Å²) in [4.78, 5) is 0. The van der Waals surface area contributed by atoms with E-state index in [0.717, 1.165) is 22.4 Å². The summed E-state index contributed by atoms with van der Waals surface area (Å²) in [6, 6.07) is 12.1. The Kier molecular flexibility index (Phi) is 2.75. The second-order valence-corrected chi connectivity index (χ2v) is 4.67. The maximum absolute atomic E-state index is 13.0. The fourth-order valence-electron chi connectivity index (χ4n) is 2.30. The minimum absolute atomic E-state index is 0.0330. The Labute approximate surface area is 111 Å². The van der Waals surface area contributed by atoms with Crippen LogP contribution in [0.4, 0.5) is 10.1 Å². The highest BCUT2D eigenvalue weighted by Crippen LogP contribution is 2.37. The third-order valence-corrected chi connectivity index (χ3v) is 3.17. The summed E-state index contributed by atoms with van der Waals surface area (Å²) in [5.74, 6) is 0.538. The molecule has 2 aromatic rings. The summed E-state index contributed by atoms with van der Waals surface area (Å²) < 4.78 is 18.8. The van der Waals surface area contributed by atoms with Gasteiger partial charge in [-0.05, 0) is 48.4 Å². The summed E-state index contributed by atoms with van der Waals surface area (Å²) in [7, 11) is 0. The lowest BCUT2D eigenvalue weighted by Crippen LogP contribution is -2.15. The molecule has 1 heterocycles. The van der Waals surface area contributed by atoms with Gasteiger partial charge < -0.3 is 10.5 Å². The lowest BCUT2D eigenvalue weighted by molar-refractivity contribution is 0.265. The van der Waals surface area contributed by atoms with Crippen molar-refractivity contribution >= 4 is 11.3 Å². The molecule has 2 aromatic carbocycles. The first kappa shape index (κ1) is 11.8. The van der Waals surface area contributed by atoms with Gasteiger partial charge in [-0.25, -0.2) is 4.39 Å². The van der Waals surface area contributed by atoms with Crippen molar-refractivity contribution < 1.29 is 9.13 Å². The Morgan fingerprint density at radius 1 is 1.11 bits per heavy atom. The Morgan fingerprint density at radius 3 is 2.58 bits per heavy atom. The molecule has 3 heteroatoms. The molecular weight excluding hydrogens is 241 g/mol. The Morgan fingerprint density at radius 2 is 1.84 bits per heavy atom. The monoisotopic (exact) mass is 255 g/mol. The molecular formula is C16H14FNO. The molecule has 0 spiro atoms. The van der Waals surface area contributed by atoms with Gasteiger partial charge in [-0.15, -0.1) is 0 Å². The lowest BCUT2D eigenvalue weighted by atomic mass is 9.93. The Bertz CT molecular complexity index is 646. The van der Waals surface area contributed by atoms with Crippen molar-refractivity contribution in [2.24, 2.45) is 0 Å². The zero-order chi connectivity index (χ0) is 13.4. The number of hydrogen-bond acceptors (Lipinski definition) is 2. The van der Waals surface area contributed by atoms with Crippen LogP contribution in [-0.4, -0.2) is 6.10 Å². The van der Waals surface area contributed by atoms with Crippen molar-refractivity contribution in [3.63, 3.8) is 0 Å². The Hall–Kier alpha value is -2.29. The van der Waals surface area contributed by atoms with Crippen LogP contribution >= 0.6 is 0 Å². The quantitative estimate of drug-likeness (QED) is 0.790. The molecule has 0 bridgehead atoms. The van der Waals surface area contributed by atoms with Crippen molar-refractivity contribution in [3.8, 4) is 5.75 Å². The van der Waals surface area contributed by atoms with Crippen LogP contribution in [0, 0.1) is 5.82 Å². The van der Waals surface area contributed by atoms with Crippen molar-refractivity contribution in [3.05, 3.63) is 65.5 Å². The van der Waals surface area contributed by atoms with E-state index in [2.05, 4.69) is 0 Å². The van der Waals surface area contributed by atoms with Gasteiger partial charge in [-0.2, -0.15) is 0 Å². The third kappa shape index (κ3) is 2.19. The molecule has 19 heavy (non-hydrogen) atoms. The molecule has 2 nitrogen and oxygen atoms in total. The molecule has 0 fully saturated rings. The van der Waals surface area contributed by atoms with Gasteiger partial charge in [0.05, 0.1) is 0 Å². The van der Waals surface area contributed by atoms with Crippen LogP contribution in [0.5, 0.6) is 5.75 Å². The first-order chi connectivity index (χ1) is 9.13. The lowest BCUT2D eigenvalue weighted by Gasteiger charge is -2.23. The Balaban J connectivity index is 2.13. The largest absolute Gasteiger partial charge is 0.486 e. The molecule has 0 aromatic heterocycles. The zero-order valence-electron chi connectivity index (χ0n) is 10.6. The number of halogens is 1. The summed E-state index contributed by atoms with van der Waals surface area (Å²) >= 11 is 0. The molecule has 0 amide bonds. The van der Waals surface area contributed by atoms with E-state index in [1.54, 1.807) is 12.1 Å². The van der Waals surface area contributed by atoms with Crippen LogP contribution < -0.4 is 10.5 Å². The van der Waals surface area contributed by atoms with Crippen LogP contribution in [0.25, 0.3) is 5.57 Å². The van der Waals surface area contributed by atoms with Crippen LogP contribution in [0.3, 0.4) is 0 Å². The van der Waals surface area contributed by atoms with Gasteiger partial charge >= 0.3 is 0 Å². The van der Waals surface area contributed by atoms with Crippen LogP contribution in [0.1, 0.15) is 18.1 Å². The molecule has 3 rings (SSSR count). The van der Waals surface area contributed by atoms with Gasteiger partial charge in [0, 0.05) is 17.3 Å². The van der Waals surface area contributed by atoms with Gasteiger partial charge in [0.2, 0.25) is 0 Å². The van der Waals surface area contributed by atoms with E-state index in [-0.39, 0.29) is 11.9 Å². The number of fused-ring (bicyclic) bond motifs is 1. The number of hydrogen-bond donors (Lipinski definition) is 1. The zero-order valence-corrected chi connectivity index (χ0v) is 10.6. The van der Waals surface area contributed by atoms with Crippen LogP contribution in [0.15, 0.2) is 48.5 Å². The molecule has 2 N–H and O–H groups in total. The van der Waals surface area contributed by atoms with Crippen LogP contribution in [-0.2, 0) is 0 Å². The van der Waals surface area contributed by atoms with E-state index >= 15 is 0 Å². The summed E-state index contributed by atoms with van der Waals surface area (Å²) in [5, 5.41) is 0.